The molecule has 0 bridgehead atoms. The second kappa shape index (κ2) is 7.53. The molecule has 1 amide bonds. The van der Waals surface area contributed by atoms with Crippen molar-refractivity contribution in [2.24, 2.45) is 5.41 Å². The van der Waals surface area contributed by atoms with Gasteiger partial charge in [-0.25, -0.2) is 4.39 Å². The average molecular weight is 479 g/mol. The molecule has 2 aromatic carbocycles. The Morgan fingerprint density at radius 3 is 2.36 bits per heavy atom. The summed E-state index contributed by atoms with van der Waals surface area (Å²) in [6, 6.07) is 19.2. The minimum absolute atomic E-state index is 0.150. The molecule has 178 valence electrons. The summed E-state index contributed by atoms with van der Waals surface area (Å²) in [5.74, 6) is -0.522. The Hall–Kier alpha value is -4.44. The van der Waals surface area contributed by atoms with Gasteiger partial charge in [-0.3, -0.25) is 14.5 Å². The lowest BCUT2D eigenvalue weighted by molar-refractivity contribution is -0.123. The van der Waals surface area contributed by atoms with Crippen LogP contribution in [-0.2, 0) is 15.0 Å². The highest BCUT2D eigenvalue weighted by molar-refractivity contribution is 6.21. The van der Waals surface area contributed by atoms with Gasteiger partial charge in [-0.2, -0.15) is 5.26 Å². The summed E-state index contributed by atoms with van der Waals surface area (Å²) in [7, 11) is 0. The van der Waals surface area contributed by atoms with Crippen molar-refractivity contribution >= 4 is 28.9 Å². The van der Waals surface area contributed by atoms with Gasteiger partial charge in [0.15, 0.2) is 5.78 Å². The summed E-state index contributed by atoms with van der Waals surface area (Å²) < 4.78 is 15.7. The number of nitrogens with zero attached hydrogens (tertiary/aromatic N) is 3. The van der Waals surface area contributed by atoms with Crippen LogP contribution in [0.1, 0.15) is 32.3 Å². The Bertz CT molecular complexity index is 1540. The summed E-state index contributed by atoms with van der Waals surface area (Å²) in [6.07, 6.45) is 4.35. The molecule has 1 atom stereocenters. The standard InChI is InChI=1S/C29H23FN4O2/c1-28(2)15-23-25(24(35)16-28)29(20-7-3-4-8-22(20)32-27(29)36)21(17-31)26(33-13-5-6-14-33)34(23)19-11-9-18(30)10-12-19/h3-14H,15-16H2,1-2H3,(H,32,36)/t29-/m0/s1. The van der Waals surface area contributed by atoms with E-state index in [2.05, 4.69) is 11.4 Å². The number of para-hydroxylation sites is 1. The molecule has 0 unspecified atom stereocenters. The molecule has 0 saturated heterocycles. The van der Waals surface area contributed by atoms with Gasteiger partial charge in [-0.1, -0.05) is 32.0 Å². The zero-order chi connectivity index (χ0) is 25.2. The number of allylic oxidation sites excluding steroid dienone is 1. The number of Topliss-reactive ketones (excluding diaryl/α,β-unsaturated/α-hetero) is 1. The normalized spacial score (nSPS) is 22.4. The molecule has 1 aliphatic carbocycles. The largest absolute Gasteiger partial charge is 0.324 e. The third kappa shape index (κ3) is 2.88. The van der Waals surface area contributed by atoms with Crippen LogP contribution in [0, 0.1) is 22.6 Å². The monoisotopic (exact) mass is 478 g/mol. The van der Waals surface area contributed by atoms with Gasteiger partial charge in [0.1, 0.15) is 23.1 Å². The van der Waals surface area contributed by atoms with Crippen LogP contribution in [-0.4, -0.2) is 16.3 Å². The van der Waals surface area contributed by atoms with Crippen molar-refractivity contribution < 1.29 is 14.0 Å². The van der Waals surface area contributed by atoms with Crippen LogP contribution in [0.5, 0.6) is 0 Å². The van der Waals surface area contributed by atoms with Crippen molar-refractivity contribution in [3.05, 3.63) is 101 Å². The Balaban J connectivity index is 1.79. The number of nitriles is 1. The summed E-state index contributed by atoms with van der Waals surface area (Å²) in [5.41, 5.74) is 0.945. The van der Waals surface area contributed by atoms with Gasteiger partial charge in [0.05, 0.1) is 5.57 Å². The molecule has 1 spiro atoms. The summed E-state index contributed by atoms with van der Waals surface area (Å²) in [5, 5.41) is 13.6. The van der Waals surface area contributed by atoms with Gasteiger partial charge in [0.2, 0.25) is 5.91 Å². The van der Waals surface area contributed by atoms with Crippen LogP contribution < -0.4 is 10.2 Å². The van der Waals surface area contributed by atoms with Crippen molar-refractivity contribution in [2.75, 3.05) is 10.2 Å². The number of hydrogen-bond acceptors (Lipinski definition) is 4. The highest BCUT2D eigenvalue weighted by Crippen LogP contribution is 2.58. The van der Waals surface area contributed by atoms with E-state index in [1.165, 1.54) is 12.1 Å². The summed E-state index contributed by atoms with van der Waals surface area (Å²) in [6.45, 7) is 4.04. The fourth-order valence-corrected chi connectivity index (χ4v) is 5.91. The fourth-order valence-electron chi connectivity index (χ4n) is 5.91. The van der Waals surface area contributed by atoms with E-state index < -0.39 is 17.1 Å². The van der Waals surface area contributed by atoms with E-state index in [4.69, 9.17) is 0 Å². The predicted molar refractivity (Wildman–Crippen MR) is 134 cm³/mol. The van der Waals surface area contributed by atoms with Crippen molar-refractivity contribution in [3.8, 4) is 6.07 Å². The molecule has 6 nitrogen and oxygen atoms in total. The van der Waals surface area contributed by atoms with Gasteiger partial charge in [0, 0.05) is 47.0 Å². The first-order chi connectivity index (χ1) is 17.3. The molecule has 2 aliphatic heterocycles. The minimum Gasteiger partial charge on any atom is -0.324 e. The number of ketones is 1. The number of benzene rings is 2. The molecular formula is C29H23FN4O2. The first-order valence-electron chi connectivity index (χ1n) is 11.8. The molecule has 36 heavy (non-hydrogen) atoms. The van der Waals surface area contributed by atoms with Crippen LogP contribution in [0.3, 0.4) is 0 Å². The van der Waals surface area contributed by atoms with E-state index in [0.29, 0.717) is 40.5 Å². The number of nitrogens with one attached hydrogen (secondary N) is 1. The zero-order valence-electron chi connectivity index (χ0n) is 19.9. The first-order valence-corrected chi connectivity index (χ1v) is 11.8. The molecule has 7 heteroatoms. The highest BCUT2D eigenvalue weighted by Gasteiger charge is 2.61. The van der Waals surface area contributed by atoms with Crippen LogP contribution in [0.2, 0.25) is 0 Å². The Morgan fingerprint density at radius 1 is 0.972 bits per heavy atom. The lowest BCUT2D eigenvalue weighted by Gasteiger charge is -2.47. The summed E-state index contributed by atoms with van der Waals surface area (Å²) >= 11 is 0. The molecular weight excluding hydrogens is 455 g/mol. The number of halogens is 1. The SMILES string of the molecule is CC1(C)CC(=O)C2=C(C1)N(c1ccc(F)cc1)C(n1cccc1)=C(C#N)[C@]21C(=O)Nc2ccccc21. The lowest BCUT2D eigenvalue weighted by Crippen LogP contribution is -2.51. The smallest absolute Gasteiger partial charge is 0.245 e. The summed E-state index contributed by atoms with van der Waals surface area (Å²) in [4.78, 5) is 29.8. The van der Waals surface area contributed by atoms with E-state index in [1.54, 1.807) is 35.2 Å². The molecule has 0 saturated carbocycles. The number of anilines is 2. The fraction of sp³-hybridized carbons (Fsp3) is 0.207. The first kappa shape index (κ1) is 22.1. The van der Waals surface area contributed by atoms with Crippen LogP contribution in [0.15, 0.2) is 89.9 Å². The third-order valence-electron chi connectivity index (χ3n) is 7.27. The molecule has 0 fully saturated rings. The van der Waals surface area contributed by atoms with E-state index in [9.17, 15) is 19.2 Å². The van der Waals surface area contributed by atoms with Gasteiger partial charge in [-0.05, 0) is 54.3 Å². The van der Waals surface area contributed by atoms with Crippen molar-refractivity contribution in [1.82, 2.24) is 4.57 Å². The quantitative estimate of drug-likeness (QED) is 0.537. The Morgan fingerprint density at radius 2 is 1.67 bits per heavy atom. The number of carbonyl (C=O) groups excluding carboxylic acids is 2. The zero-order valence-corrected chi connectivity index (χ0v) is 19.9. The highest BCUT2D eigenvalue weighted by atomic mass is 19.1. The van der Waals surface area contributed by atoms with Crippen molar-refractivity contribution in [1.29, 1.82) is 5.26 Å². The topological polar surface area (TPSA) is 78.1 Å². The number of carbonyl (C=O) groups is 2. The predicted octanol–water partition coefficient (Wildman–Crippen LogP) is 5.37. The molecule has 6 rings (SSSR count). The number of rotatable bonds is 2. The van der Waals surface area contributed by atoms with Gasteiger partial charge >= 0.3 is 0 Å². The Kier molecular flexibility index (Phi) is 4.61. The molecule has 3 aliphatic rings. The van der Waals surface area contributed by atoms with Gasteiger partial charge in [-0.15, -0.1) is 0 Å². The molecule has 3 heterocycles. The van der Waals surface area contributed by atoms with E-state index in [1.807, 2.05) is 49.1 Å². The number of aromatic nitrogens is 1. The molecule has 0 radical (unpaired) electrons. The van der Waals surface area contributed by atoms with Crippen LogP contribution in [0.4, 0.5) is 15.8 Å². The maximum atomic E-state index is 14.0. The number of hydrogen-bond donors (Lipinski definition) is 1. The van der Waals surface area contributed by atoms with E-state index >= 15 is 0 Å². The molecule has 3 aromatic rings. The minimum atomic E-state index is -1.58. The van der Waals surface area contributed by atoms with Gasteiger partial charge < -0.3 is 9.88 Å². The van der Waals surface area contributed by atoms with Crippen LogP contribution in [0.25, 0.3) is 5.82 Å². The third-order valence-corrected chi connectivity index (χ3v) is 7.27. The number of amides is 1. The second-order valence-corrected chi connectivity index (χ2v) is 10.2. The maximum absolute atomic E-state index is 14.0. The number of fused-ring (bicyclic) bond motifs is 3. The molecule has 1 N–H and O–H groups in total. The van der Waals surface area contributed by atoms with Crippen molar-refractivity contribution in [2.45, 2.75) is 32.1 Å². The van der Waals surface area contributed by atoms with E-state index in [0.717, 1.165) is 0 Å². The molecule has 1 aromatic heterocycles. The average Bonchev–Trinajstić information content (AvgIpc) is 3.46. The lowest BCUT2D eigenvalue weighted by atomic mass is 9.60. The Labute approximate surface area is 208 Å². The van der Waals surface area contributed by atoms with Crippen LogP contribution >= 0.6 is 0 Å². The van der Waals surface area contributed by atoms with E-state index in [-0.39, 0.29) is 23.2 Å². The maximum Gasteiger partial charge on any atom is 0.245 e. The second-order valence-electron chi connectivity index (χ2n) is 10.2. The van der Waals surface area contributed by atoms with Gasteiger partial charge in [0.25, 0.3) is 0 Å². The van der Waals surface area contributed by atoms with Crippen molar-refractivity contribution in [3.63, 3.8) is 0 Å².